The van der Waals surface area contributed by atoms with Crippen LogP contribution in [0.5, 0.6) is 5.75 Å². The minimum absolute atomic E-state index is 0.00317. The van der Waals surface area contributed by atoms with E-state index < -0.39 is 0 Å². The summed E-state index contributed by atoms with van der Waals surface area (Å²) in [6.45, 7) is 6.15. The van der Waals surface area contributed by atoms with Gasteiger partial charge in [0.05, 0.1) is 6.04 Å². The molecule has 128 valence electrons. The van der Waals surface area contributed by atoms with Gasteiger partial charge in [0.1, 0.15) is 5.75 Å². The van der Waals surface area contributed by atoms with Crippen molar-refractivity contribution in [3.05, 3.63) is 77.4 Å². The number of benzene rings is 3. The molecule has 0 aromatic heterocycles. The predicted molar refractivity (Wildman–Crippen MR) is 102 cm³/mol. The molecule has 0 saturated heterocycles. The first-order valence-corrected chi connectivity index (χ1v) is 8.51. The Labute approximate surface area is 148 Å². The van der Waals surface area contributed by atoms with E-state index in [4.69, 9.17) is 4.74 Å². The van der Waals surface area contributed by atoms with Crippen molar-refractivity contribution < 1.29 is 9.53 Å². The molecule has 0 heterocycles. The first kappa shape index (κ1) is 17.0. The van der Waals surface area contributed by atoms with Gasteiger partial charge in [0.2, 0.25) is 0 Å². The second-order valence-corrected chi connectivity index (χ2v) is 6.40. The van der Waals surface area contributed by atoms with E-state index in [1.165, 1.54) is 11.1 Å². The lowest BCUT2D eigenvalue weighted by Gasteiger charge is -2.16. The minimum atomic E-state index is -0.126. The first-order chi connectivity index (χ1) is 12.0. The van der Waals surface area contributed by atoms with Crippen LogP contribution in [0.1, 0.15) is 29.7 Å². The van der Waals surface area contributed by atoms with Crippen molar-refractivity contribution in [1.29, 1.82) is 0 Å². The van der Waals surface area contributed by atoms with E-state index in [1.54, 1.807) is 0 Å². The highest BCUT2D eigenvalue weighted by atomic mass is 16.5. The molecule has 1 atom stereocenters. The number of hydrogen-bond acceptors (Lipinski definition) is 2. The lowest BCUT2D eigenvalue weighted by atomic mass is 10.0. The van der Waals surface area contributed by atoms with E-state index in [1.807, 2.05) is 49.4 Å². The molecule has 0 spiro atoms. The lowest BCUT2D eigenvalue weighted by Crippen LogP contribution is -2.31. The van der Waals surface area contributed by atoms with Crippen molar-refractivity contribution in [3.8, 4) is 5.75 Å². The van der Waals surface area contributed by atoms with Gasteiger partial charge in [-0.15, -0.1) is 0 Å². The Morgan fingerprint density at radius 2 is 1.76 bits per heavy atom. The van der Waals surface area contributed by atoms with E-state index in [-0.39, 0.29) is 18.6 Å². The Morgan fingerprint density at radius 3 is 2.56 bits per heavy atom. The van der Waals surface area contributed by atoms with E-state index in [0.717, 1.165) is 22.1 Å². The van der Waals surface area contributed by atoms with Crippen LogP contribution < -0.4 is 10.1 Å². The number of nitrogens with one attached hydrogen (secondary N) is 1. The van der Waals surface area contributed by atoms with E-state index >= 15 is 0 Å². The molecule has 0 saturated carbocycles. The van der Waals surface area contributed by atoms with Gasteiger partial charge < -0.3 is 10.1 Å². The maximum absolute atomic E-state index is 12.3. The summed E-state index contributed by atoms with van der Waals surface area (Å²) in [5.74, 6) is 0.603. The summed E-state index contributed by atoms with van der Waals surface area (Å²) in [5.41, 5.74) is 3.58. The Bertz CT molecular complexity index is 896. The van der Waals surface area contributed by atoms with Crippen LogP contribution in [-0.4, -0.2) is 12.5 Å². The van der Waals surface area contributed by atoms with Gasteiger partial charge >= 0.3 is 0 Å². The fourth-order valence-electron chi connectivity index (χ4n) is 2.87. The van der Waals surface area contributed by atoms with Gasteiger partial charge in [0.15, 0.2) is 6.61 Å². The molecular formula is C22H23NO2. The number of amides is 1. The van der Waals surface area contributed by atoms with Crippen LogP contribution >= 0.6 is 0 Å². The average molecular weight is 333 g/mol. The fraction of sp³-hybridized carbons (Fsp3) is 0.227. The smallest absolute Gasteiger partial charge is 0.258 e. The third-order valence-corrected chi connectivity index (χ3v) is 4.52. The highest BCUT2D eigenvalue weighted by Crippen LogP contribution is 2.25. The van der Waals surface area contributed by atoms with Gasteiger partial charge in [0.25, 0.3) is 5.91 Å². The maximum atomic E-state index is 12.3. The zero-order valence-electron chi connectivity index (χ0n) is 14.9. The number of carbonyl (C=O) groups excluding carboxylic acids is 1. The van der Waals surface area contributed by atoms with Gasteiger partial charge in [-0.25, -0.2) is 0 Å². The zero-order valence-corrected chi connectivity index (χ0v) is 14.9. The van der Waals surface area contributed by atoms with Crippen molar-refractivity contribution >= 4 is 16.7 Å². The molecule has 3 aromatic carbocycles. The van der Waals surface area contributed by atoms with Gasteiger partial charge in [-0.1, -0.05) is 54.6 Å². The lowest BCUT2D eigenvalue weighted by molar-refractivity contribution is -0.123. The molecule has 0 aliphatic heterocycles. The highest BCUT2D eigenvalue weighted by Gasteiger charge is 2.11. The van der Waals surface area contributed by atoms with E-state index in [2.05, 4.69) is 37.4 Å². The van der Waals surface area contributed by atoms with Gasteiger partial charge in [-0.2, -0.15) is 0 Å². The van der Waals surface area contributed by atoms with Crippen molar-refractivity contribution in [1.82, 2.24) is 5.32 Å². The molecule has 0 bridgehead atoms. The maximum Gasteiger partial charge on any atom is 0.258 e. The number of carbonyl (C=O) groups is 1. The van der Waals surface area contributed by atoms with Crippen LogP contribution in [0.2, 0.25) is 0 Å². The van der Waals surface area contributed by atoms with Crippen LogP contribution in [0.25, 0.3) is 10.8 Å². The third kappa shape index (κ3) is 4.00. The minimum Gasteiger partial charge on any atom is -0.483 e. The van der Waals surface area contributed by atoms with Crippen LogP contribution in [0.4, 0.5) is 0 Å². The largest absolute Gasteiger partial charge is 0.483 e. The third-order valence-electron chi connectivity index (χ3n) is 4.52. The molecule has 0 aliphatic rings. The highest BCUT2D eigenvalue weighted by molar-refractivity contribution is 5.88. The molecule has 1 amide bonds. The Kier molecular flexibility index (Phi) is 5.03. The van der Waals surface area contributed by atoms with Crippen LogP contribution in [0.15, 0.2) is 60.7 Å². The Morgan fingerprint density at radius 1 is 1.00 bits per heavy atom. The monoisotopic (exact) mass is 333 g/mol. The molecule has 0 fully saturated rings. The number of aryl methyl sites for hydroxylation is 2. The second-order valence-electron chi connectivity index (χ2n) is 6.40. The Hall–Kier alpha value is -2.81. The van der Waals surface area contributed by atoms with Crippen molar-refractivity contribution in [2.45, 2.75) is 26.8 Å². The average Bonchev–Trinajstić information content (AvgIpc) is 2.62. The van der Waals surface area contributed by atoms with Crippen molar-refractivity contribution in [2.24, 2.45) is 0 Å². The van der Waals surface area contributed by atoms with Crippen LogP contribution in [-0.2, 0) is 4.79 Å². The summed E-state index contributed by atoms with van der Waals surface area (Å²) in [6.07, 6.45) is 0. The number of fused-ring (bicyclic) bond motifs is 1. The molecule has 3 nitrogen and oxygen atoms in total. The standard InChI is InChI=1S/C22H23NO2/c1-15-11-12-19(13-16(15)2)17(3)23-22(24)14-25-21-10-6-8-18-7-4-5-9-20(18)21/h4-13,17H,14H2,1-3H3,(H,23,24)/t17-/m1/s1. The molecule has 3 rings (SSSR count). The molecule has 3 heteroatoms. The fourth-order valence-corrected chi connectivity index (χ4v) is 2.87. The molecular weight excluding hydrogens is 310 g/mol. The summed E-state index contributed by atoms with van der Waals surface area (Å²) in [7, 11) is 0. The van der Waals surface area contributed by atoms with Crippen LogP contribution in [0, 0.1) is 13.8 Å². The summed E-state index contributed by atoms with van der Waals surface area (Å²) < 4.78 is 5.75. The van der Waals surface area contributed by atoms with Gasteiger partial charge in [-0.3, -0.25) is 4.79 Å². The summed E-state index contributed by atoms with van der Waals surface area (Å²) in [4.78, 5) is 12.3. The normalized spacial score (nSPS) is 12.0. The van der Waals surface area contributed by atoms with E-state index in [9.17, 15) is 4.79 Å². The summed E-state index contributed by atoms with van der Waals surface area (Å²) >= 11 is 0. The molecule has 1 N–H and O–H groups in total. The molecule has 0 aliphatic carbocycles. The quantitative estimate of drug-likeness (QED) is 0.734. The number of rotatable bonds is 5. The SMILES string of the molecule is Cc1ccc([C@@H](C)NC(=O)COc2cccc3ccccc23)cc1C. The van der Waals surface area contributed by atoms with Crippen molar-refractivity contribution in [2.75, 3.05) is 6.61 Å². The molecule has 25 heavy (non-hydrogen) atoms. The number of ether oxygens (including phenoxy) is 1. The molecule has 3 aromatic rings. The second kappa shape index (κ2) is 7.39. The molecule has 0 radical (unpaired) electrons. The van der Waals surface area contributed by atoms with Gasteiger partial charge in [-0.05, 0) is 48.9 Å². The number of hydrogen-bond donors (Lipinski definition) is 1. The molecule has 0 unspecified atom stereocenters. The van der Waals surface area contributed by atoms with E-state index in [0.29, 0.717) is 0 Å². The first-order valence-electron chi connectivity index (χ1n) is 8.51. The van der Waals surface area contributed by atoms with Crippen LogP contribution in [0.3, 0.4) is 0 Å². The zero-order chi connectivity index (χ0) is 17.8. The topological polar surface area (TPSA) is 38.3 Å². The van der Waals surface area contributed by atoms with Gasteiger partial charge in [0, 0.05) is 5.39 Å². The summed E-state index contributed by atoms with van der Waals surface area (Å²) in [6, 6.07) is 20.1. The van der Waals surface area contributed by atoms with Crippen molar-refractivity contribution in [3.63, 3.8) is 0 Å². The predicted octanol–water partition coefficient (Wildman–Crippen LogP) is 4.71. The Balaban J connectivity index is 1.63. The summed E-state index contributed by atoms with van der Waals surface area (Å²) in [5, 5.41) is 5.11.